The van der Waals surface area contributed by atoms with Gasteiger partial charge in [-0.05, 0) is 44.3 Å². The van der Waals surface area contributed by atoms with Crippen molar-refractivity contribution in [3.63, 3.8) is 0 Å². The van der Waals surface area contributed by atoms with Crippen LogP contribution in [0.5, 0.6) is 0 Å². The highest BCUT2D eigenvalue weighted by Crippen LogP contribution is 2.30. The van der Waals surface area contributed by atoms with Crippen LogP contribution in [0.4, 0.5) is 13.2 Å². The van der Waals surface area contributed by atoms with Gasteiger partial charge in [0.15, 0.2) is 0 Å². The van der Waals surface area contributed by atoms with Crippen molar-refractivity contribution in [2.75, 3.05) is 27.2 Å². The van der Waals surface area contributed by atoms with Gasteiger partial charge in [-0.25, -0.2) is 9.97 Å². The van der Waals surface area contributed by atoms with E-state index in [9.17, 15) is 13.2 Å². The highest BCUT2D eigenvalue weighted by atomic mass is 79.9. The molecule has 0 aliphatic carbocycles. The Morgan fingerprint density at radius 3 is 2.30 bits per heavy atom. The van der Waals surface area contributed by atoms with Gasteiger partial charge in [0.1, 0.15) is 11.5 Å². The summed E-state index contributed by atoms with van der Waals surface area (Å²) < 4.78 is 40.2. The molecule has 0 radical (unpaired) electrons. The Balaban J connectivity index is 2.31. The fourth-order valence-electron chi connectivity index (χ4n) is 2.79. The maximum Gasteiger partial charge on any atom is 0.433 e. The summed E-state index contributed by atoms with van der Waals surface area (Å²) in [5.41, 5.74) is 0.185. The van der Waals surface area contributed by atoms with Gasteiger partial charge in [0, 0.05) is 30.3 Å². The fourth-order valence-corrected chi connectivity index (χ4v) is 3.06. The lowest BCUT2D eigenvalue weighted by Crippen LogP contribution is -2.35. The number of hydrogen-bond acceptors (Lipinski definition) is 4. The molecular formula is C19H24BrF3N4. The Morgan fingerprint density at radius 1 is 1.07 bits per heavy atom. The van der Waals surface area contributed by atoms with Gasteiger partial charge < -0.3 is 4.90 Å². The SMILES string of the molecule is CCC(c1nccc(C(F)(F)F)n1)N(CCN(C)C)Cc1ccc(Br)cc1. The summed E-state index contributed by atoms with van der Waals surface area (Å²) in [7, 11) is 3.94. The summed E-state index contributed by atoms with van der Waals surface area (Å²) in [4.78, 5) is 12.2. The van der Waals surface area contributed by atoms with Crippen molar-refractivity contribution in [1.29, 1.82) is 0 Å². The maximum atomic E-state index is 13.1. The molecule has 4 nitrogen and oxygen atoms in total. The van der Waals surface area contributed by atoms with E-state index in [0.717, 1.165) is 22.6 Å². The van der Waals surface area contributed by atoms with Crippen molar-refractivity contribution in [1.82, 2.24) is 19.8 Å². The van der Waals surface area contributed by atoms with Crippen molar-refractivity contribution in [2.24, 2.45) is 0 Å². The predicted molar refractivity (Wildman–Crippen MR) is 103 cm³/mol. The Bertz CT molecular complexity index is 720. The minimum atomic E-state index is -4.48. The number of benzene rings is 1. The molecule has 0 N–H and O–H groups in total. The average Bonchev–Trinajstić information content (AvgIpc) is 2.61. The maximum absolute atomic E-state index is 13.1. The molecule has 1 atom stereocenters. The summed E-state index contributed by atoms with van der Waals surface area (Å²) in [6.07, 6.45) is -2.67. The van der Waals surface area contributed by atoms with Crippen LogP contribution < -0.4 is 0 Å². The number of likely N-dealkylation sites (N-methyl/N-ethyl adjacent to an activating group) is 1. The number of halogens is 4. The molecule has 0 saturated carbocycles. The largest absolute Gasteiger partial charge is 0.433 e. The van der Waals surface area contributed by atoms with Crippen LogP contribution >= 0.6 is 15.9 Å². The van der Waals surface area contributed by atoms with E-state index >= 15 is 0 Å². The predicted octanol–water partition coefficient (Wildman–Crippen LogP) is 4.77. The molecule has 148 valence electrons. The highest BCUT2D eigenvalue weighted by Gasteiger charge is 2.34. The third-order valence-corrected chi connectivity index (χ3v) is 4.75. The number of alkyl halides is 3. The average molecular weight is 445 g/mol. The first kappa shape index (κ1) is 21.8. The van der Waals surface area contributed by atoms with Crippen molar-refractivity contribution in [3.8, 4) is 0 Å². The van der Waals surface area contributed by atoms with Gasteiger partial charge in [0.25, 0.3) is 0 Å². The third kappa shape index (κ3) is 6.55. The molecule has 0 saturated heterocycles. The lowest BCUT2D eigenvalue weighted by Gasteiger charge is -2.31. The first-order chi connectivity index (χ1) is 12.7. The van der Waals surface area contributed by atoms with Crippen LogP contribution in [0, 0.1) is 0 Å². The van der Waals surface area contributed by atoms with E-state index in [-0.39, 0.29) is 11.9 Å². The van der Waals surface area contributed by atoms with Gasteiger partial charge in [-0.2, -0.15) is 13.2 Å². The Kier molecular flexibility index (Phi) is 7.76. The molecular weight excluding hydrogens is 421 g/mol. The minimum absolute atomic E-state index is 0.211. The summed E-state index contributed by atoms with van der Waals surface area (Å²) in [5.74, 6) is 0.211. The van der Waals surface area contributed by atoms with E-state index in [4.69, 9.17) is 0 Å². The molecule has 2 aromatic rings. The lowest BCUT2D eigenvalue weighted by molar-refractivity contribution is -0.141. The third-order valence-electron chi connectivity index (χ3n) is 4.22. The van der Waals surface area contributed by atoms with Crippen molar-refractivity contribution in [2.45, 2.75) is 32.1 Å². The monoisotopic (exact) mass is 444 g/mol. The Labute approximate surface area is 166 Å². The molecule has 0 bridgehead atoms. The molecule has 27 heavy (non-hydrogen) atoms. The van der Waals surface area contributed by atoms with E-state index < -0.39 is 11.9 Å². The zero-order valence-corrected chi connectivity index (χ0v) is 17.3. The quantitative estimate of drug-likeness (QED) is 0.586. The number of hydrogen-bond donors (Lipinski definition) is 0. The van der Waals surface area contributed by atoms with Crippen molar-refractivity contribution >= 4 is 15.9 Å². The minimum Gasteiger partial charge on any atom is -0.308 e. The molecule has 0 aliphatic rings. The molecule has 0 fully saturated rings. The standard InChI is InChI=1S/C19H24BrF3N4/c1-4-16(18-24-10-9-17(25-18)19(21,22)23)27(12-11-26(2)3)13-14-5-7-15(20)8-6-14/h5-10,16H,4,11-13H2,1-3H3. The van der Waals surface area contributed by atoms with Crippen molar-refractivity contribution < 1.29 is 13.2 Å². The van der Waals surface area contributed by atoms with Crippen LogP contribution in [-0.2, 0) is 12.7 Å². The van der Waals surface area contributed by atoms with E-state index in [0.29, 0.717) is 19.5 Å². The molecule has 1 heterocycles. The van der Waals surface area contributed by atoms with Crippen LogP contribution in [0.3, 0.4) is 0 Å². The van der Waals surface area contributed by atoms with Crippen LogP contribution in [-0.4, -0.2) is 47.0 Å². The van der Waals surface area contributed by atoms with Crippen molar-refractivity contribution in [3.05, 3.63) is 58.1 Å². The molecule has 0 amide bonds. The first-order valence-electron chi connectivity index (χ1n) is 8.74. The van der Waals surface area contributed by atoms with E-state index in [1.165, 1.54) is 6.20 Å². The number of nitrogens with zero attached hydrogens (tertiary/aromatic N) is 4. The second-order valence-electron chi connectivity index (χ2n) is 6.62. The fraction of sp³-hybridized carbons (Fsp3) is 0.474. The summed E-state index contributed by atoms with van der Waals surface area (Å²) >= 11 is 3.42. The summed E-state index contributed by atoms with van der Waals surface area (Å²) in [6.45, 7) is 4.03. The van der Waals surface area contributed by atoms with Gasteiger partial charge in [0.05, 0.1) is 6.04 Å². The van der Waals surface area contributed by atoms with Crippen LogP contribution in [0.25, 0.3) is 0 Å². The summed E-state index contributed by atoms with van der Waals surface area (Å²) in [6, 6.07) is 8.55. The first-order valence-corrected chi connectivity index (χ1v) is 9.53. The highest BCUT2D eigenvalue weighted by molar-refractivity contribution is 9.10. The molecule has 1 unspecified atom stereocenters. The van der Waals surface area contributed by atoms with Crippen LogP contribution in [0.2, 0.25) is 0 Å². The van der Waals surface area contributed by atoms with Gasteiger partial charge in [-0.15, -0.1) is 0 Å². The normalized spacial score (nSPS) is 13.4. The molecule has 8 heteroatoms. The zero-order chi connectivity index (χ0) is 20.0. The molecule has 0 aliphatic heterocycles. The van der Waals surface area contributed by atoms with Crippen LogP contribution in [0.1, 0.15) is 36.5 Å². The van der Waals surface area contributed by atoms with Gasteiger partial charge in [0.2, 0.25) is 0 Å². The lowest BCUT2D eigenvalue weighted by atomic mass is 10.1. The Hall–Kier alpha value is -1.51. The topological polar surface area (TPSA) is 32.3 Å². The molecule has 1 aromatic carbocycles. The smallest absolute Gasteiger partial charge is 0.308 e. The van der Waals surface area contributed by atoms with E-state index in [1.807, 2.05) is 50.2 Å². The molecule has 0 spiro atoms. The van der Waals surface area contributed by atoms with Gasteiger partial charge >= 0.3 is 6.18 Å². The molecule has 2 rings (SSSR count). The second kappa shape index (κ2) is 9.61. The van der Waals surface area contributed by atoms with Crippen LogP contribution in [0.15, 0.2) is 41.0 Å². The summed E-state index contributed by atoms with van der Waals surface area (Å²) in [5, 5.41) is 0. The van der Waals surface area contributed by atoms with E-state index in [2.05, 4.69) is 30.8 Å². The van der Waals surface area contributed by atoms with E-state index in [1.54, 1.807) is 0 Å². The van der Waals surface area contributed by atoms with Gasteiger partial charge in [-0.1, -0.05) is 35.0 Å². The number of rotatable bonds is 8. The van der Waals surface area contributed by atoms with Gasteiger partial charge in [-0.3, -0.25) is 4.90 Å². The second-order valence-corrected chi connectivity index (χ2v) is 7.54. The molecule has 1 aromatic heterocycles. The zero-order valence-electron chi connectivity index (χ0n) is 15.7. The number of aromatic nitrogens is 2. The Morgan fingerprint density at radius 2 is 1.74 bits per heavy atom.